The van der Waals surface area contributed by atoms with Crippen LogP contribution in [-0.4, -0.2) is 13.3 Å². The van der Waals surface area contributed by atoms with Crippen LogP contribution in [0.1, 0.15) is 0 Å². The molecule has 0 saturated heterocycles. The molecule has 1 aromatic carbocycles. The first kappa shape index (κ1) is 8.10. The topological polar surface area (TPSA) is 30.5 Å². The van der Waals surface area contributed by atoms with Crippen LogP contribution in [0.25, 0.3) is 0 Å². The first-order valence-electron chi connectivity index (χ1n) is 3.69. The number of halogens is 2. The lowest BCUT2D eigenvalue weighted by Gasteiger charge is -2.05. The number of ether oxygens (including phenoxy) is 2. The molecule has 0 atom stereocenters. The molecule has 0 amide bonds. The van der Waals surface area contributed by atoms with Gasteiger partial charge in [-0.05, 0) is 12.1 Å². The van der Waals surface area contributed by atoms with Gasteiger partial charge >= 0.3 is 6.29 Å². The Balaban J connectivity index is 2.45. The summed E-state index contributed by atoms with van der Waals surface area (Å²) in [4.78, 5) is 0. The summed E-state index contributed by atoms with van der Waals surface area (Å²) in [7, 11) is 1.62. The van der Waals surface area contributed by atoms with Gasteiger partial charge in [0.2, 0.25) is 0 Å². The lowest BCUT2D eigenvalue weighted by atomic mass is 10.3. The second-order valence-electron chi connectivity index (χ2n) is 2.55. The number of fused-ring (bicyclic) bond motifs is 1. The van der Waals surface area contributed by atoms with E-state index in [0.717, 1.165) is 0 Å². The van der Waals surface area contributed by atoms with Crippen LogP contribution in [0.15, 0.2) is 18.2 Å². The molecule has 0 aromatic heterocycles. The molecule has 0 fully saturated rings. The van der Waals surface area contributed by atoms with Crippen molar-refractivity contribution in [2.45, 2.75) is 6.29 Å². The van der Waals surface area contributed by atoms with Gasteiger partial charge in [-0.3, -0.25) is 0 Å². The highest BCUT2D eigenvalue weighted by Gasteiger charge is 2.44. The second-order valence-corrected chi connectivity index (χ2v) is 2.55. The maximum absolute atomic E-state index is 12.6. The molecular formula is C8H7F2NO2. The summed E-state index contributed by atoms with van der Waals surface area (Å²) >= 11 is 0. The van der Waals surface area contributed by atoms with Crippen molar-refractivity contribution in [1.29, 1.82) is 0 Å². The van der Waals surface area contributed by atoms with Gasteiger partial charge in [0.1, 0.15) is 0 Å². The minimum atomic E-state index is -3.55. The Morgan fingerprint density at radius 1 is 1.31 bits per heavy atom. The van der Waals surface area contributed by atoms with Crippen LogP contribution in [0, 0.1) is 0 Å². The van der Waals surface area contributed by atoms with Gasteiger partial charge in [0.25, 0.3) is 0 Å². The molecule has 2 rings (SSSR count). The molecule has 0 unspecified atom stereocenters. The summed E-state index contributed by atoms with van der Waals surface area (Å²) in [5.74, 6) is 0.104. The molecule has 13 heavy (non-hydrogen) atoms. The quantitative estimate of drug-likeness (QED) is 0.729. The van der Waals surface area contributed by atoms with Crippen LogP contribution in [0.3, 0.4) is 0 Å². The van der Waals surface area contributed by atoms with Crippen molar-refractivity contribution in [2.24, 2.45) is 0 Å². The Bertz CT molecular complexity index is 341. The summed E-state index contributed by atoms with van der Waals surface area (Å²) in [6, 6.07) is 4.66. The Kier molecular flexibility index (Phi) is 1.55. The Morgan fingerprint density at radius 2 is 2.08 bits per heavy atom. The van der Waals surface area contributed by atoms with Crippen LogP contribution in [0.2, 0.25) is 0 Å². The summed E-state index contributed by atoms with van der Waals surface area (Å²) < 4.78 is 33.7. The van der Waals surface area contributed by atoms with Crippen LogP contribution < -0.4 is 14.8 Å². The van der Waals surface area contributed by atoms with E-state index in [1.54, 1.807) is 19.2 Å². The number of hydrogen-bond donors (Lipinski definition) is 1. The van der Waals surface area contributed by atoms with E-state index in [0.29, 0.717) is 5.69 Å². The number of hydrogen-bond acceptors (Lipinski definition) is 3. The van der Waals surface area contributed by atoms with E-state index in [1.165, 1.54) is 6.07 Å². The lowest BCUT2D eigenvalue weighted by molar-refractivity contribution is -0.286. The predicted octanol–water partition coefficient (Wildman–Crippen LogP) is 2.05. The van der Waals surface area contributed by atoms with E-state index in [9.17, 15) is 8.78 Å². The van der Waals surface area contributed by atoms with Crippen molar-refractivity contribution in [2.75, 3.05) is 12.4 Å². The van der Waals surface area contributed by atoms with Crippen LogP contribution in [0.4, 0.5) is 14.5 Å². The largest absolute Gasteiger partial charge is 0.586 e. The highest BCUT2D eigenvalue weighted by atomic mass is 19.3. The van der Waals surface area contributed by atoms with E-state index in [2.05, 4.69) is 14.8 Å². The van der Waals surface area contributed by atoms with E-state index in [1.807, 2.05) is 0 Å². The molecule has 1 aliphatic rings. The third-order valence-corrected chi connectivity index (χ3v) is 1.70. The van der Waals surface area contributed by atoms with Crippen molar-refractivity contribution in [1.82, 2.24) is 0 Å². The van der Waals surface area contributed by atoms with Gasteiger partial charge in [-0.25, -0.2) is 0 Å². The minimum absolute atomic E-state index is 0.0509. The first-order chi connectivity index (χ1) is 6.12. The van der Waals surface area contributed by atoms with Gasteiger partial charge < -0.3 is 14.8 Å². The predicted molar refractivity (Wildman–Crippen MR) is 42.2 cm³/mol. The number of anilines is 1. The monoisotopic (exact) mass is 187 g/mol. The molecule has 0 bridgehead atoms. The lowest BCUT2D eigenvalue weighted by Crippen LogP contribution is -2.26. The molecule has 0 aliphatic carbocycles. The number of benzene rings is 1. The molecule has 3 nitrogen and oxygen atoms in total. The summed E-state index contributed by atoms with van der Waals surface area (Å²) in [6.45, 7) is 0. The number of nitrogens with one attached hydrogen (secondary N) is 1. The molecule has 0 saturated carbocycles. The van der Waals surface area contributed by atoms with Crippen LogP contribution in [0.5, 0.6) is 11.5 Å². The molecule has 70 valence electrons. The summed E-state index contributed by atoms with van der Waals surface area (Å²) in [5.41, 5.74) is 0.481. The zero-order valence-corrected chi connectivity index (χ0v) is 6.80. The Morgan fingerprint density at radius 3 is 2.77 bits per heavy atom. The fourth-order valence-electron chi connectivity index (χ4n) is 1.17. The van der Waals surface area contributed by atoms with Gasteiger partial charge in [-0.1, -0.05) is 6.07 Å². The van der Waals surface area contributed by atoms with Gasteiger partial charge in [-0.15, -0.1) is 8.78 Å². The number of rotatable bonds is 1. The Labute approximate surface area is 73.3 Å². The van der Waals surface area contributed by atoms with E-state index >= 15 is 0 Å². The first-order valence-corrected chi connectivity index (χ1v) is 3.69. The molecular weight excluding hydrogens is 180 g/mol. The minimum Gasteiger partial charge on any atom is -0.395 e. The molecule has 1 N–H and O–H groups in total. The maximum Gasteiger partial charge on any atom is 0.586 e. The van der Waals surface area contributed by atoms with Crippen molar-refractivity contribution < 1.29 is 18.3 Å². The molecule has 1 aliphatic heterocycles. The molecule has 5 heteroatoms. The average molecular weight is 187 g/mol. The van der Waals surface area contributed by atoms with Gasteiger partial charge in [0.05, 0.1) is 5.69 Å². The van der Waals surface area contributed by atoms with Crippen molar-refractivity contribution in [3.63, 3.8) is 0 Å². The van der Waals surface area contributed by atoms with Crippen LogP contribution in [-0.2, 0) is 0 Å². The van der Waals surface area contributed by atoms with Gasteiger partial charge in [0.15, 0.2) is 11.5 Å². The second kappa shape index (κ2) is 2.48. The standard InChI is InChI=1S/C8H7F2NO2/c1-11-5-3-2-4-6-7(5)13-8(9,10)12-6/h2-4,11H,1H3. The fraction of sp³-hybridized carbons (Fsp3) is 0.250. The van der Waals surface area contributed by atoms with Crippen molar-refractivity contribution in [3.05, 3.63) is 18.2 Å². The van der Waals surface area contributed by atoms with E-state index < -0.39 is 6.29 Å². The average Bonchev–Trinajstić information content (AvgIpc) is 2.37. The summed E-state index contributed by atoms with van der Waals surface area (Å²) in [6.07, 6.45) is -3.55. The van der Waals surface area contributed by atoms with E-state index in [4.69, 9.17) is 0 Å². The maximum atomic E-state index is 12.6. The summed E-state index contributed by atoms with van der Waals surface area (Å²) in [5, 5.41) is 2.73. The zero-order chi connectivity index (χ0) is 9.47. The zero-order valence-electron chi connectivity index (χ0n) is 6.80. The number of para-hydroxylation sites is 1. The van der Waals surface area contributed by atoms with E-state index in [-0.39, 0.29) is 11.5 Å². The third-order valence-electron chi connectivity index (χ3n) is 1.70. The van der Waals surface area contributed by atoms with Gasteiger partial charge in [0, 0.05) is 7.05 Å². The molecule has 0 radical (unpaired) electrons. The Hall–Kier alpha value is -1.52. The molecule has 1 heterocycles. The third kappa shape index (κ3) is 1.26. The normalized spacial score (nSPS) is 17.2. The fourth-order valence-corrected chi connectivity index (χ4v) is 1.17. The molecule has 0 spiro atoms. The van der Waals surface area contributed by atoms with Crippen molar-refractivity contribution in [3.8, 4) is 11.5 Å². The van der Waals surface area contributed by atoms with Crippen molar-refractivity contribution >= 4 is 5.69 Å². The van der Waals surface area contributed by atoms with Crippen LogP contribution >= 0.6 is 0 Å². The highest BCUT2D eigenvalue weighted by molar-refractivity contribution is 5.64. The smallest absolute Gasteiger partial charge is 0.395 e. The SMILES string of the molecule is CNc1cccc2c1OC(F)(F)O2. The number of alkyl halides is 2. The highest BCUT2D eigenvalue weighted by Crippen LogP contribution is 2.45. The van der Waals surface area contributed by atoms with Gasteiger partial charge in [-0.2, -0.15) is 0 Å². The molecule has 1 aromatic rings.